The minimum absolute atomic E-state index is 0.696. The molecule has 0 saturated heterocycles. The van der Waals surface area contributed by atoms with Crippen LogP contribution < -0.4 is 0 Å². The van der Waals surface area contributed by atoms with Gasteiger partial charge < -0.3 is 0 Å². The van der Waals surface area contributed by atoms with E-state index >= 15 is 0 Å². The third-order valence-corrected chi connectivity index (χ3v) is 5.69. The molecule has 0 N–H and O–H groups in total. The van der Waals surface area contributed by atoms with E-state index in [2.05, 4.69) is 23.4 Å². The predicted molar refractivity (Wildman–Crippen MR) is 101 cm³/mol. The number of benzene rings is 2. The van der Waals surface area contributed by atoms with E-state index < -0.39 is 9.73 Å². The summed E-state index contributed by atoms with van der Waals surface area (Å²) >= 11 is 0. The summed E-state index contributed by atoms with van der Waals surface area (Å²) < 4.78 is 17.6. The summed E-state index contributed by atoms with van der Waals surface area (Å²) in [6, 6.07) is 19.4. The van der Waals surface area contributed by atoms with Gasteiger partial charge in [0.05, 0.1) is 20.9 Å². The molecule has 0 radical (unpaired) electrons. The van der Waals surface area contributed by atoms with Crippen molar-refractivity contribution in [3.05, 3.63) is 66.4 Å². The van der Waals surface area contributed by atoms with Gasteiger partial charge in [-0.15, -0.1) is 0 Å². The van der Waals surface area contributed by atoms with Gasteiger partial charge in [-0.3, -0.25) is 4.98 Å². The van der Waals surface area contributed by atoms with Crippen LogP contribution in [0.25, 0.3) is 10.9 Å². The molecule has 0 amide bonds. The smallest absolute Gasteiger partial charge is 0.0996 e. The zero-order valence-electron chi connectivity index (χ0n) is 14.1. The molecule has 1 aromatic heterocycles. The molecule has 1 atom stereocenters. The second kappa shape index (κ2) is 7.14. The molecule has 1 heterocycles. The van der Waals surface area contributed by atoms with Crippen LogP contribution in [0.4, 0.5) is 5.69 Å². The molecule has 4 heteroatoms. The van der Waals surface area contributed by atoms with Gasteiger partial charge in [0.25, 0.3) is 0 Å². The molecule has 3 aromatic rings. The van der Waals surface area contributed by atoms with E-state index in [1.54, 1.807) is 6.26 Å². The number of aromatic nitrogens is 1. The Balaban J connectivity index is 2.12. The lowest BCUT2D eigenvalue weighted by molar-refractivity contribution is 0.681. The Morgan fingerprint density at radius 2 is 1.79 bits per heavy atom. The topological polar surface area (TPSA) is 42.3 Å². The number of para-hydroxylation sites is 1. The van der Waals surface area contributed by atoms with Gasteiger partial charge in [0.1, 0.15) is 0 Å². The fourth-order valence-electron chi connectivity index (χ4n) is 2.66. The number of aryl methyl sites for hydroxylation is 1. The average Bonchev–Trinajstić information content (AvgIpc) is 2.61. The standard InChI is InChI=1S/C20H22N2OS/c1-3-4-10-17-15-14-16-9-8-13-19(20(16)21-17)22-24(2,23)18-11-6-5-7-12-18/h5-9,11-15H,3-4,10H2,1-2H3. The summed E-state index contributed by atoms with van der Waals surface area (Å²) in [5.74, 6) is 0. The van der Waals surface area contributed by atoms with Gasteiger partial charge in [-0.25, -0.2) is 4.21 Å². The van der Waals surface area contributed by atoms with Gasteiger partial charge in [0.2, 0.25) is 0 Å². The Morgan fingerprint density at radius 3 is 2.54 bits per heavy atom. The monoisotopic (exact) mass is 338 g/mol. The largest absolute Gasteiger partial charge is 0.251 e. The highest BCUT2D eigenvalue weighted by Gasteiger charge is 2.09. The van der Waals surface area contributed by atoms with Crippen LogP contribution in [0.15, 0.2) is 69.9 Å². The van der Waals surface area contributed by atoms with Crippen LogP contribution in [0.1, 0.15) is 25.5 Å². The van der Waals surface area contributed by atoms with Crippen molar-refractivity contribution < 1.29 is 4.21 Å². The number of unbranched alkanes of at least 4 members (excludes halogenated alkanes) is 1. The number of pyridine rings is 1. The van der Waals surface area contributed by atoms with Crippen molar-refractivity contribution in [1.82, 2.24) is 4.98 Å². The van der Waals surface area contributed by atoms with Gasteiger partial charge >= 0.3 is 0 Å². The normalized spacial score (nSPS) is 13.6. The highest BCUT2D eigenvalue weighted by Crippen LogP contribution is 2.27. The van der Waals surface area contributed by atoms with Crippen molar-refractivity contribution in [2.24, 2.45) is 4.36 Å². The lowest BCUT2D eigenvalue weighted by Crippen LogP contribution is -1.97. The first-order valence-corrected chi connectivity index (χ1v) is 10.2. The highest BCUT2D eigenvalue weighted by atomic mass is 32.2. The molecule has 0 aliphatic heterocycles. The molecule has 0 bridgehead atoms. The molecule has 3 nitrogen and oxygen atoms in total. The second-order valence-corrected chi connectivity index (χ2v) is 8.22. The lowest BCUT2D eigenvalue weighted by atomic mass is 10.1. The number of hydrogen-bond donors (Lipinski definition) is 0. The van der Waals surface area contributed by atoms with E-state index in [0.29, 0.717) is 5.69 Å². The molecule has 124 valence electrons. The van der Waals surface area contributed by atoms with Crippen LogP contribution in [0, 0.1) is 0 Å². The van der Waals surface area contributed by atoms with E-state index in [0.717, 1.165) is 40.8 Å². The third-order valence-electron chi connectivity index (χ3n) is 4.00. The van der Waals surface area contributed by atoms with E-state index in [-0.39, 0.29) is 0 Å². The van der Waals surface area contributed by atoms with Crippen molar-refractivity contribution >= 4 is 26.3 Å². The van der Waals surface area contributed by atoms with Crippen LogP contribution in [0.3, 0.4) is 0 Å². The Labute approximate surface area is 143 Å². The number of nitrogens with zero attached hydrogens (tertiary/aromatic N) is 2. The predicted octanol–water partition coefficient (Wildman–Crippen LogP) is 5.37. The summed E-state index contributed by atoms with van der Waals surface area (Å²) in [5.41, 5.74) is 2.59. The molecule has 0 spiro atoms. The summed E-state index contributed by atoms with van der Waals surface area (Å²) in [7, 11) is -2.50. The third kappa shape index (κ3) is 3.65. The molecular formula is C20H22N2OS. The molecule has 2 aromatic carbocycles. The van der Waals surface area contributed by atoms with Crippen LogP contribution in [-0.4, -0.2) is 15.4 Å². The quantitative estimate of drug-likeness (QED) is 0.628. The molecule has 24 heavy (non-hydrogen) atoms. The fourth-order valence-corrected chi connectivity index (χ4v) is 3.95. The minimum atomic E-state index is -2.50. The Kier molecular flexibility index (Phi) is 4.95. The Bertz CT molecular complexity index is 958. The number of fused-ring (bicyclic) bond motifs is 1. The van der Waals surface area contributed by atoms with E-state index in [4.69, 9.17) is 4.98 Å². The van der Waals surface area contributed by atoms with Crippen molar-refractivity contribution in [2.75, 3.05) is 6.26 Å². The van der Waals surface area contributed by atoms with E-state index in [1.165, 1.54) is 0 Å². The molecular weight excluding hydrogens is 316 g/mol. The first kappa shape index (κ1) is 16.7. The van der Waals surface area contributed by atoms with Crippen molar-refractivity contribution in [3.8, 4) is 0 Å². The Morgan fingerprint density at radius 1 is 1.00 bits per heavy atom. The molecule has 3 rings (SSSR count). The average molecular weight is 338 g/mol. The lowest BCUT2D eigenvalue weighted by Gasteiger charge is -2.08. The second-order valence-electron chi connectivity index (χ2n) is 5.96. The minimum Gasteiger partial charge on any atom is -0.251 e. The zero-order valence-corrected chi connectivity index (χ0v) is 14.9. The maximum atomic E-state index is 13.1. The Hall–Kier alpha value is -2.20. The molecule has 0 saturated carbocycles. The molecule has 0 aliphatic rings. The maximum absolute atomic E-state index is 13.1. The van der Waals surface area contributed by atoms with Crippen LogP contribution in [0.2, 0.25) is 0 Å². The van der Waals surface area contributed by atoms with E-state index in [1.807, 2.05) is 48.5 Å². The van der Waals surface area contributed by atoms with Crippen LogP contribution in [-0.2, 0) is 16.1 Å². The highest BCUT2D eigenvalue weighted by molar-refractivity contribution is 7.93. The zero-order chi connectivity index (χ0) is 17.0. The van der Waals surface area contributed by atoms with Gasteiger partial charge in [0.15, 0.2) is 0 Å². The molecule has 0 fully saturated rings. The maximum Gasteiger partial charge on any atom is 0.0996 e. The fraction of sp³-hybridized carbons (Fsp3) is 0.250. The van der Waals surface area contributed by atoms with Gasteiger partial charge in [-0.2, -0.15) is 4.36 Å². The summed E-state index contributed by atoms with van der Waals surface area (Å²) in [4.78, 5) is 5.51. The first-order chi connectivity index (χ1) is 11.6. The SMILES string of the molecule is CCCCc1ccc2cccc(N=S(C)(=O)c3ccccc3)c2n1. The van der Waals surface area contributed by atoms with E-state index in [9.17, 15) is 4.21 Å². The van der Waals surface area contributed by atoms with Crippen molar-refractivity contribution in [1.29, 1.82) is 0 Å². The van der Waals surface area contributed by atoms with Gasteiger partial charge in [-0.05, 0) is 37.1 Å². The van der Waals surface area contributed by atoms with Crippen molar-refractivity contribution in [2.45, 2.75) is 31.1 Å². The number of hydrogen-bond acceptors (Lipinski definition) is 3. The number of rotatable bonds is 5. The van der Waals surface area contributed by atoms with Gasteiger partial charge in [-0.1, -0.05) is 49.7 Å². The summed E-state index contributed by atoms with van der Waals surface area (Å²) in [5, 5.41) is 1.03. The molecule has 1 unspecified atom stereocenters. The van der Waals surface area contributed by atoms with Gasteiger partial charge in [0, 0.05) is 22.2 Å². The first-order valence-electron chi connectivity index (χ1n) is 8.26. The van der Waals surface area contributed by atoms with Crippen LogP contribution in [0.5, 0.6) is 0 Å². The van der Waals surface area contributed by atoms with Crippen molar-refractivity contribution in [3.63, 3.8) is 0 Å². The summed E-state index contributed by atoms with van der Waals surface area (Å²) in [6.45, 7) is 2.17. The molecule has 0 aliphatic carbocycles. The summed E-state index contributed by atoms with van der Waals surface area (Å²) in [6.07, 6.45) is 4.90. The van der Waals surface area contributed by atoms with Crippen LogP contribution >= 0.6 is 0 Å².